The van der Waals surface area contributed by atoms with Crippen LogP contribution in [0.3, 0.4) is 0 Å². The van der Waals surface area contributed by atoms with Crippen LogP contribution in [0.1, 0.15) is 65.7 Å². The molecule has 0 aromatic rings. The summed E-state index contributed by atoms with van der Waals surface area (Å²) in [5.74, 6) is 1.31. The van der Waals surface area contributed by atoms with Gasteiger partial charge in [-0.1, -0.05) is 33.9 Å². The van der Waals surface area contributed by atoms with Crippen LogP contribution < -0.4 is 0 Å². The normalized spacial score (nSPS) is 34.0. The molecule has 0 aliphatic heterocycles. The SMILES string of the molecule is C=C(CC12CC3CC(CC(C3)C1)C2)C(=O)OC(=O)C(=C)C(C)(C)C. The van der Waals surface area contributed by atoms with Gasteiger partial charge >= 0.3 is 11.9 Å². The maximum absolute atomic E-state index is 12.3. The maximum Gasteiger partial charge on any atom is 0.341 e. The third-order valence-corrected chi connectivity index (χ3v) is 6.38. The minimum Gasteiger partial charge on any atom is -0.386 e. The monoisotopic (exact) mass is 330 g/mol. The second-order valence-electron chi connectivity index (χ2n) is 9.60. The van der Waals surface area contributed by atoms with Crippen molar-refractivity contribution in [3.05, 3.63) is 24.3 Å². The first kappa shape index (κ1) is 17.4. The highest BCUT2D eigenvalue weighted by Gasteiger charge is 2.51. The summed E-state index contributed by atoms with van der Waals surface area (Å²) in [5, 5.41) is 0. The summed E-state index contributed by atoms with van der Waals surface area (Å²) in [6.07, 6.45) is 8.46. The van der Waals surface area contributed by atoms with Gasteiger partial charge in [0.25, 0.3) is 0 Å². The smallest absolute Gasteiger partial charge is 0.341 e. The Hall–Kier alpha value is -1.38. The van der Waals surface area contributed by atoms with Crippen molar-refractivity contribution < 1.29 is 14.3 Å². The molecule has 0 aromatic carbocycles. The molecule has 4 saturated carbocycles. The first-order chi connectivity index (χ1) is 11.1. The van der Waals surface area contributed by atoms with E-state index in [2.05, 4.69) is 13.2 Å². The molecule has 0 saturated heterocycles. The summed E-state index contributed by atoms with van der Waals surface area (Å²) < 4.78 is 5.04. The molecule has 0 atom stereocenters. The van der Waals surface area contributed by atoms with E-state index in [0.29, 0.717) is 17.6 Å². The molecule has 132 valence electrons. The number of ether oxygens (including phenoxy) is 1. The van der Waals surface area contributed by atoms with Crippen molar-refractivity contribution in [2.45, 2.75) is 65.7 Å². The van der Waals surface area contributed by atoms with Gasteiger partial charge in [0.1, 0.15) is 0 Å². The molecule has 4 aliphatic carbocycles. The average Bonchev–Trinajstić information content (AvgIpc) is 2.43. The Morgan fingerprint density at radius 1 is 0.958 bits per heavy atom. The lowest BCUT2D eigenvalue weighted by atomic mass is 9.48. The molecule has 4 rings (SSSR count). The van der Waals surface area contributed by atoms with Crippen molar-refractivity contribution in [1.82, 2.24) is 0 Å². The van der Waals surface area contributed by atoms with Crippen LogP contribution in [0, 0.1) is 28.6 Å². The lowest BCUT2D eigenvalue weighted by Crippen LogP contribution is -2.46. The van der Waals surface area contributed by atoms with Crippen molar-refractivity contribution in [3.8, 4) is 0 Å². The van der Waals surface area contributed by atoms with Crippen LogP contribution in [0.25, 0.3) is 0 Å². The van der Waals surface area contributed by atoms with E-state index < -0.39 is 17.4 Å². The van der Waals surface area contributed by atoms with E-state index in [1.807, 2.05) is 20.8 Å². The number of carbonyl (C=O) groups is 2. The van der Waals surface area contributed by atoms with Crippen LogP contribution in [0.15, 0.2) is 24.3 Å². The number of esters is 2. The highest BCUT2D eigenvalue weighted by molar-refractivity contribution is 6.01. The number of carbonyl (C=O) groups excluding carboxylic acids is 2. The molecule has 0 aromatic heterocycles. The highest BCUT2D eigenvalue weighted by atomic mass is 16.6. The van der Waals surface area contributed by atoms with Gasteiger partial charge in [0.05, 0.1) is 0 Å². The topological polar surface area (TPSA) is 43.4 Å². The van der Waals surface area contributed by atoms with Gasteiger partial charge in [-0.05, 0) is 73.5 Å². The van der Waals surface area contributed by atoms with Crippen molar-refractivity contribution in [1.29, 1.82) is 0 Å². The average molecular weight is 330 g/mol. The zero-order valence-corrected chi connectivity index (χ0v) is 15.3. The number of hydrogen-bond donors (Lipinski definition) is 0. The highest BCUT2D eigenvalue weighted by Crippen LogP contribution is 2.61. The molecular weight excluding hydrogens is 300 g/mol. The Balaban J connectivity index is 1.60. The fraction of sp³-hybridized carbons (Fsp3) is 0.714. The van der Waals surface area contributed by atoms with Gasteiger partial charge < -0.3 is 4.74 Å². The molecule has 0 radical (unpaired) electrons. The van der Waals surface area contributed by atoms with Crippen LogP contribution >= 0.6 is 0 Å². The number of rotatable bonds is 4. The molecule has 0 heterocycles. The van der Waals surface area contributed by atoms with Crippen LogP contribution in [0.2, 0.25) is 0 Å². The molecule has 4 aliphatic rings. The van der Waals surface area contributed by atoms with E-state index in [1.165, 1.54) is 38.5 Å². The van der Waals surface area contributed by atoms with E-state index in [1.54, 1.807) is 0 Å². The first-order valence-corrected chi connectivity index (χ1v) is 9.22. The summed E-state index contributed by atoms with van der Waals surface area (Å²) in [6.45, 7) is 13.4. The summed E-state index contributed by atoms with van der Waals surface area (Å²) in [6, 6.07) is 0. The number of hydrogen-bond acceptors (Lipinski definition) is 3. The predicted octanol–water partition coefficient (Wildman–Crippen LogP) is 4.82. The minimum absolute atomic E-state index is 0.231. The van der Waals surface area contributed by atoms with E-state index >= 15 is 0 Å². The second-order valence-corrected chi connectivity index (χ2v) is 9.60. The summed E-state index contributed by atoms with van der Waals surface area (Å²) in [7, 11) is 0. The van der Waals surface area contributed by atoms with Gasteiger partial charge in [0.2, 0.25) is 0 Å². The Kier molecular flexibility index (Phi) is 4.26. The minimum atomic E-state index is -0.626. The summed E-state index contributed by atoms with van der Waals surface area (Å²) in [4.78, 5) is 24.4. The van der Waals surface area contributed by atoms with Crippen LogP contribution in [0.5, 0.6) is 0 Å². The Labute approximate surface area is 145 Å². The summed E-state index contributed by atoms with van der Waals surface area (Å²) in [5.41, 5.74) is 0.596. The van der Waals surface area contributed by atoms with E-state index in [4.69, 9.17) is 4.74 Å². The molecule has 24 heavy (non-hydrogen) atoms. The quantitative estimate of drug-likeness (QED) is 0.421. The van der Waals surface area contributed by atoms with Crippen molar-refractivity contribution in [2.75, 3.05) is 0 Å². The van der Waals surface area contributed by atoms with Crippen LogP contribution in [-0.2, 0) is 14.3 Å². The van der Waals surface area contributed by atoms with Gasteiger partial charge in [0, 0.05) is 11.1 Å². The molecule has 3 heteroatoms. The fourth-order valence-corrected chi connectivity index (χ4v) is 5.56. The third kappa shape index (κ3) is 3.36. The molecule has 0 spiro atoms. The van der Waals surface area contributed by atoms with E-state index in [0.717, 1.165) is 17.8 Å². The van der Waals surface area contributed by atoms with E-state index in [9.17, 15) is 9.59 Å². The zero-order valence-electron chi connectivity index (χ0n) is 15.3. The predicted molar refractivity (Wildman–Crippen MR) is 94.1 cm³/mol. The Morgan fingerprint density at radius 3 is 1.83 bits per heavy atom. The lowest BCUT2D eigenvalue weighted by molar-refractivity contribution is -0.155. The van der Waals surface area contributed by atoms with Crippen molar-refractivity contribution in [3.63, 3.8) is 0 Å². The largest absolute Gasteiger partial charge is 0.386 e. The fourth-order valence-electron chi connectivity index (χ4n) is 5.56. The Morgan fingerprint density at radius 2 is 1.42 bits per heavy atom. The lowest BCUT2D eigenvalue weighted by Gasteiger charge is -2.57. The molecule has 4 fully saturated rings. The molecule has 0 N–H and O–H groups in total. The van der Waals surface area contributed by atoms with Gasteiger partial charge in [-0.25, -0.2) is 9.59 Å². The van der Waals surface area contributed by atoms with Gasteiger partial charge in [0.15, 0.2) is 0 Å². The van der Waals surface area contributed by atoms with Gasteiger partial charge in [-0.15, -0.1) is 0 Å². The molecule has 4 bridgehead atoms. The van der Waals surface area contributed by atoms with Crippen LogP contribution in [0.4, 0.5) is 0 Å². The maximum atomic E-state index is 12.3. The molecular formula is C21H30O3. The summed E-state index contributed by atoms with van der Waals surface area (Å²) >= 11 is 0. The third-order valence-electron chi connectivity index (χ3n) is 6.38. The molecule has 0 amide bonds. The second kappa shape index (κ2) is 5.86. The van der Waals surface area contributed by atoms with Crippen molar-refractivity contribution in [2.24, 2.45) is 28.6 Å². The van der Waals surface area contributed by atoms with Crippen molar-refractivity contribution >= 4 is 11.9 Å². The zero-order chi connectivity index (χ0) is 17.7. The van der Waals surface area contributed by atoms with Crippen LogP contribution in [-0.4, -0.2) is 11.9 Å². The van der Waals surface area contributed by atoms with Gasteiger partial charge in [-0.2, -0.15) is 0 Å². The molecule has 0 unspecified atom stereocenters. The Bertz CT molecular complexity index is 555. The van der Waals surface area contributed by atoms with E-state index in [-0.39, 0.29) is 5.41 Å². The first-order valence-electron chi connectivity index (χ1n) is 9.22. The molecule has 3 nitrogen and oxygen atoms in total. The van der Waals surface area contributed by atoms with Gasteiger partial charge in [-0.3, -0.25) is 0 Å². The standard InChI is InChI=1S/C21H30O3/c1-13(18(22)24-19(23)14(2)20(3,4)5)9-21-10-15-6-16(11-21)8-17(7-15)12-21/h15-17H,1-2,6-12H2,3-5H3.